The minimum absolute atomic E-state index is 0.157. The number of allylic oxidation sites excluding steroid dienone is 1. The van der Waals surface area contributed by atoms with Crippen molar-refractivity contribution >= 4 is 0 Å². The Labute approximate surface area is 446 Å². The van der Waals surface area contributed by atoms with Gasteiger partial charge in [0.05, 0.1) is 52.9 Å². The smallest absolute Gasteiger partial charge is 0.187 e. The van der Waals surface area contributed by atoms with E-state index in [1.54, 1.807) is 14.2 Å². The average molecular weight is 1100 g/mol. The van der Waals surface area contributed by atoms with E-state index in [1.807, 2.05) is 25.1 Å². The maximum atomic E-state index is 11.7. The number of rotatable bonds is 16. The molecule has 0 unspecified atom stereocenters. The van der Waals surface area contributed by atoms with Crippen molar-refractivity contribution in [2.45, 2.75) is 207 Å². The zero-order chi connectivity index (χ0) is 55.6. The lowest BCUT2D eigenvalue weighted by Crippen LogP contribution is -2.65. The summed E-state index contributed by atoms with van der Waals surface area (Å²) in [5.74, 6) is 1.60. The van der Waals surface area contributed by atoms with Crippen LogP contribution in [0.1, 0.15) is 77.2 Å². The monoisotopic (exact) mass is 1100 g/mol. The molecule has 4 aliphatic carbocycles. The predicted molar refractivity (Wildman–Crippen MR) is 261 cm³/mol. The molecule has 9 rings (SSSR count). The minimum Gasteiger partial charge on any atom is -0.497 e. The Hall–Kier alpha value is -2.32. The van der Waals surface area contributed by atoms with Crippen molar-refractivity contribution < 1.29 is 119 Å². The highest BCUT2D eigenvalue weighted by Crippen LogP contribution is 2.70. The number of methoxy groups -OCH3 is 2. The van der Waals surface area contributed by atoms with E-state index in [1.165, 1.54) is 5.57 Å². The second-order valence-electron chi connectivity index (χ2n) is 23.1. The third-order valence-corrected chi connectivity index (χ3v) is 19.1. The lowest BCUT2D eigenvalue weighted by molar-refractivity contribution is -0.364. The summed E-state index contributed by atoms with van der Waals surface area (Å²) in [5, 5.41) is 149. The first-order valence-electron chi connectivity index (χ1n) is 27.1. The lowest BCUT2D eigenvalue weighted by Gasteiger charge is -2.58. The first-order valence-corrected chi connectivity index (χ1v) is 27.1. The van der Waals surface area contributed by atoms with Gasteiger partial charge in [0.2, 0.25) is 0 Å². The molecular formula is C53H82O24. The molecule has 3 saturated carbocycles. The molecule has 1 aromatic carbocycles. The van der Waals surface area contributed by atoms with Crippen LogP contribution in [0.4, 0.5) is 0 Å². The molecule has 77 heavy (non-hydrogen) atoms. The van der Waals surface area contributed by atoms with Crippen LogP contribution in [0.15, 0.2) is 29.8 Å². The number of aliphatic hydroxyl groups excluding tert-OH is 14. The van der Waals surface area contributed by atoms with Gasteiger partial charge in [-0.25, -0.2) is 0 Å². The summed E-state index contributed by atoms with van der Waals surface area (Å²) in [6.45, 7) is 3.70. The maximum Gasteiger partial charge on any atom is 0.187 e. The van der Waals surface area contributed by atoms with Gasteiger partial charge in [0.1, 0.15) is 109 Å². The molecule has 0 spiro atoms. The molecule has 24 nitrogen and oxygen atoms in total. The van der Waals surface area contributed by atoms with Gasteiger partial charge in [-0.3, -0.25) is 0 Å². The highest BCUT2D eigenvalue weighted by Gasteiger charge is 2.64. The van der Waals surface area contributed by atoms with Crippen LogP contribution in [0.3, 0.4) is 0 Å². The van der Waals surface area contributed by atoms with Crippen LogP contribution in [0.2, 0.25) is 0 Å². The van der Waals surface area contributed by atoms with Crippen LogP contribution in [0.25, 0.3) is 0 Å². The van der Waals surface area contributed by atoms with Crippen molar-refractivity contribution in [2.24, 2.45) is 34.5 Å². The number of ether oxygens (including phenoxy) is 10. The van der Waals surface area contributed by atoms with E-state index in [9.17, 15) is 71.5 Å². The van der Waals surface area contributed by atoms with Crippen LogP contribution in [0, 0.1) is 34.5 Å². The van der Waals surface area contributed by atoms with Crippen molar-refractivity contribution in [1.29, 1.82) is 0 Å². The van der Waals surface area contributed by atoms with Crippen molar-refractivity contribution in [3.05, 3.63) is 35.4 Å². The van der Waals surface area contributed by atoms with Gasteiger partial charge in [-0.05, 0) is 110 Å². The Balaban J connectivity index is 0.910. The highest BCUT2D eigenvalue weighted by atomic mass is 16.8. The highest BCUT2D eigenvalue weighted by molar-refractivity contribution is 5.44. The average Bonchev–Trinajstić information content (AvgIpc) is 3.76. The van der Waals surface area contributed by atoms with E-state index >= 15 is 0 Å². The molecule has 0 aromatic heterocycles. The van der Waals surface area contributed by atoms with Crippen molar-refractivity contribution in [2.75, 3.05) is 40.6 Å². The number of fused-ring (bicyclic) bond motifs is 5. The van der Waals surface area contributed by atoms with Gasteiger partial charge in [0, 0.05) is 5.56 Å². The summed E-state index contributed by atoms with van der Waals surface area (Å²) >= 11 is 0. The number of benzene rings is 1. The molecule has 4 aliphatic heterocycles. The standard InChI is InChI=1S/C53H82O24/c1-21(70-48-44(66)40(62)46(33(19-56)74-48)76-50-42(64)38(60)36(58)31(17-54)72-50)35-27(26-15-23(68-4)7-9-30(26)69-5)16-29-25-8-6-22-14-24(10-12-52(22,2)28(25)11-13-53(29,35)3)71-49-45(67)41(63)47(34(20-57)75-49)77-51-43(65)39(61)37(59)32(18-55)73-51/h6-7,9,15,21,24-25,27-29,31-51,54-67H,8,10-14,16-20H2,1-5H3/t21-,24-,25+,27-,28-,29-,31+,32+,33+,34+,35-,36+,37+,38-,39-,40+,41+,42+,43+,44+,45+,46+,47+,48+,49+,50-,51-,52-,53-/m0/s1. The van der Waals surface area contributed by atoms with E-state index in [-0.39, 0.29) is 40.4 Å². The van der Waals surface area contributed by atoms with Gasteiger partial charge >= 0.3 is 0 Å². The second kappa shape index (κ2) is 23.9. The van der Waals surface area contributed by atoms with Gasteiger partial charge in [-0.15, -0.1) is 0 Å². The largest absolute Gasteiger partial charge is 0.497 e. The molecule has 438 valence electrons. The number of hydrogen-bond donors (Lipinski definition) is 14. The molecule has 1 aromatic rings. The fourth-order valence-corrected chi connectivity index (χ4v) is 15.0. The van der Waals surface area contributed by atoms with E-state index in [4.69, 9.17) is 47.4 Å². The van der Waals surface area contributed by atoms with E-state index in [2.05, 4.69) is 19.9 Å². The molecule has 8 aliphatic rings. The molecule has 29 atom stereocenters. The maximum absolute atomic E-state index is 11.7. The minimum atomic E-state index is -1.81. The Kier molecular flexibility index (Phi) is 18.4. The van der Waals surface area contributed by atoms with E-state index in [0.717, 1.165) is 37.7 Å². The Bertz CT molecular complexity index is 2150. The Morgan fingerprint density at radius 1 is 0.584 bits per heavy atom. The molecule has 0 radical (unpaired) electrons. The Morgan fingerprint density at radius 2 is 1.10 bits per heavy atom. The molecule has 24 heteroatoms. The second-order valence-corrected chi connectivity index (χ2v) is 23.1. The lowest BCUT2D eigenvalue weighted by atomic mass is 9.47. The number of hydrogen-bond acceptors (Lipinski definition) is 24. The van der Waals surface area contributed by atoms with Crippen LogP contribution in [-0.2, 0) is 37.9 Å². The Morgan fingerprint density at radius 3 is 1.65 bits per heavy atom. The van der Waals surface area contributed by atoms with Crippen LogP contribution < -0.4 is 9.47 Å². The van der Waals surface area contributed by atoms with Crippen LogP contribution >= 0.6 is 0 Å². The summed E-state index contributed by atoms with van der Waals surface area (Å²) in [6.07, 6.45) is -25.3. The summed E-state index contributed by atoms with van der Waals surface area (Å²) in [5.41, 5.74) is 1.57. The summed E-state index contributed by atoms with van der Waals surface area (Å²) in [7, 11) is 3.22. The molecular weight excluding hydrogens is 1020 g/mol. The fourth-order valence-electron chi connectivity index (χ4n) is 15.0. The third kappa shape index (κ3) is 10.7. The van der Waals surface area contributed by atoms with E-state index in [0.29, 0.717) is 24.3 Å². The summed E-state index contributed by atoms with van der Waals surface area (Å²) in [4.78, 5) is 0. The SMILES string of the molecule is COc1ccc(OC)c([C@@H]2C[C@H]3[C@@H]4CC=C5C[C@@H](O[C@@H]6O[C@H](CO)[C@@H](O[C@@H]7O[C@H](CO)[C@@H](O)[C@H](O)[C@H]7O)[C@H](O)[C@H]6O)CC[C@]5(C)[C@H]4CC[C@]3(C)[C@H]2[C@H](C)O[C@@H]2O[C@H](CO)[C@@H](O[C@@H]3O[C@H](CO)[C@@H](O)[C@H](O)[C@H]3O)[C@H](O)[C@H]2O)c1. The normalized spacial score (nSPS) is 49.5. The molecule has 0 bridgehead atoms. The van der Waals surface area contributed by atoms with Crippen molar-refractivity contribution in [3.8, 4) is 11.5 Å². The van der Waals surface area contributed by atoms with Crippen LogP contribution in [0.5, 0.6) is 11.5 Å². The molecule has 4 heterocycles. The zero-order valence-electron chi connectivity index (χ0n) is 44.0. The van der Waals surface area contributed by atoms with Gasteiger partial charge in [0.25, 0.3) is 0 Å². The predicted octanol–water partition coefficient (Wildman–Crippen LogP) is -2.99. The molecule has 4 saturated heterocycles. The van der Waals surface area contributed by atoms with E-state index < -0.39 is 161 Å². The number of aliphatic hydroxyl groups is 14. The van der Waals surface area contributed by atoms with Gasteiger partial charge in [0.15, 0.2) is 25.2 Å². The summed E-state index contributed by atoms with van der Waals surface area (Å²) in [6, 6.07) is 5.71. The van der Waals surface area contributed by atoms with Gasteiger partial charge in [-0.2, -0.15) is 0 Å². The van der Waals surface area contributed by atoms with Crippen LogP contribution in [-0.4, -0.2) is 247 Å². The third-order valence-electron chi connectivity index (χ3n) is 19.1. The van der Waals surface area contributed by atoms with Crippen molar-refractivity contribution in [3.63, 3.8) is 0 Å². The first-order chi connectivity index (χ1) is 36.7. The first kappa shape index (κ1) is 59.3. The fraction of sp³-hybridized carbons (Fsp3) is 0.849. The summed E-state index contributed by atoms with van der Waals surface area (Å²) < 4.78 is 59.6. The topological polar surface area (TPSA) is 376 Å². The molecule has 14 N–H and O–H groups in total. The van der Waals surface area contributed by atoms with Gasteiger partial charge in [-0.1, -0.05) is 25.5 Å². The molecule has 0 amide bonds. The zero-order valence-corrected chi connectivity index (χ0v) is 44.0. The van der Waals surface area contributed by atoms with Gasteiger partial charge < -0.3 is 119 Å². The molecule has 7 fully saturated rings. The van der Waals surface area contributed by atoms with Crippen molar-refractivity contribution in [1.82, 2.24) is 0 Å². The quantitative estimate of drug-likeness (QED) is 0.0734.